The molecule has 0 aliphatic heterocycles. The van der Waals surface area contributed by atoms with Gasteiger partial charge in [0.05, 0.1) is 18.8 Å². The zero-order chi connectivity index (χ0) is 14.7. The van der Waals surface area contributed by atoms with Crippen molar-refractivity contribution in [1.82, 2.24) is 5.32 Å². The number of carbonyl (C=O) groups excluding carboxylic acids is 1. The normalized spacial score (nSPS) is 29.4. The molecule has 1 aliphatic rings. The lowest BCUT2D eigenvalue weighted by atomic mass is 10.1. The second kappa shape index (κ2) is 6.54. The molecule has 0 spiro atoms. The third-order valence-electron chi connectivity index (χ3n) is 3.61. The van der Waals surface area contributed by atoms with Crippen LogP contribution in [0.25, 0.3) is 0 Å². The Morgan fingerprint density at radius 3 is 2.60 bits per heavy atom. The molecule has 6 heteroatoms. The zero-order valence-corrected chi connectivity index (χ0v) is 11.9. The van der Waals surface area contributed by atoms with E-state index in [1.54, 1.807) is 31.4 Å². The number of hydrogen-bond donors (Lipinski definition) is 3. The molecule has 1 aliphatic carbocycles. The number of carbonyl (C=O) groups is 1. The van der Waals surface area contributed by atoms with Gasteiger partial charge in [0.1, 0.15) is 6.10 Å². The molecule has 1 saturated carbocycles. The largest absolute Gasteiger partial charge is 0.390 e. The molecule has 0 bridgehead atoms. The summed E-state index contributed by atoms with van der Waals surface area (Å²) >= 11 is 5.76. The van der Waals surface area contributed by atoms with Crippen molar-refractivity contribution in [3.05, 3.63) is 34.9 Å². The molecule has 1 aromatic carbocycles. The Hall–Kier alpha value is -1.14. The highest BCUT2D eigenvalue weighted by molar-refractivity contribution is 6.30. The van der Waals surface area contributed by atoms with Crippen LogP contribution >= 0.6 is 11.6 Å². The number of rotatable bonds is 4. The van der Waals surface area contributed by atoms with Gasteiger partial charge in [-0.2, -0.15) is 0 Å². The van der Waals surface area contributed by atoms with Crippen molar-refractivity contribution < 1.29 is 19.7 Å². The fourth-order valence-electron chi connectivity index (χ4n) is 2.50. The minimum atomic E-state index is -0.980. The highest BCUT2D eigenvalue weighted by atomic mass is 35.5. The van der Waals surface area contributed by atoms with Crippen molar-refractivity contribution in [2.75, 3.05) is 13.7 Å². The summed E-state index contributed by atoms with van der Waals surface area (Å²) in [5.41, 5.74) is 0.464. The van der Waals surface area contributed by atoms with E-state index in [4.69, 9.17) is 16.3 Å². The van der Waals surface area contributed by atoms with Crippen LogP contribution in [0.4, 0.5) is 0 Å². The number of amides is 1. The Kier molecular flexibility index (Phi) is 4.99. The van der Waals surface area contributed by atoms with Crippen molar-refractivity contribution >= 4 is 17.5 Å². The SMILES string of the molecule is COC[C@H]1C[C@@H](NC(=O)c2ccc(Cl)cc2)[C@H](O)[C@@H]1O. The van der Waals surface area contributed by atoms with Crippen LogP contribution in [-0.2, 0) is 4.74 Å². The summed E-state index contributed by atoms with van der Waals surface area (Å²) in [4.78, 5) is 12.1. The Labute approximate surface area is 122 Å². The van der Waals surface area contributed by atoms with E-state index in [0.717, 1.165) is 0 Å². The Morgan fingerprint density at radius 1 is 1.35 bits per heavy atom. The van der Waals surface area contributed by atoms with Gasteiger partial charge in [0.2, 0.25) is 0 Å². The Bertz CT molecular complexity index is 465. The maximum Gasteiger partial charge on any atom is 0.251 e. The van der Waals surface area contributed by atoms with Crippen LogP contribution in [-0.4, -0.2) is 48.1 Å². The number of nitrogens with one attached hydrogen (secondary N) is 1. The lowest BCUT2D eigenvalue weighted by Crippen LogP contribution is -2.43. The molecule has 3 N–H and O–H groups in total. The van der Waals surface area contributed by atoms with Gasteiger partial charge >= 0.3 is 0 Å². The molecule has 4 atom stereocenters. The van der Waals surface area contributed by atoms with Crippen LogP contribution in [0.2, 0.25) is 5.02 Å². The van der Waals surface area contributed by atoms with Gasteiger partial charge in [0.15, 0.2) is 0 Å². The summed E-state index contributed by atoms with van der Waals surface area (Å²) in [6, 6.07) is 6.01. The molecule has 0 radical (unpaired) electrons. The summed E-state index contributed by atoms with van der Waals surface area (Å²) in [5.74, 6) is -0.471. The van der Waals surface area contributed by atoms with Gasteiger partial charge in [-0.15, -0.1) is 0 Å². The fraction of sp³-hybridized carbons (Fsp3) is 0.500. The molecule has 0 unspecified atom stereocenters. The van der Waals surface area contributed by atoms with Gasteiger partial charge in [-0.1, -0.05) is 11.6 Å². The van der Waals surface area contributed by atoms with E-state index in [-0.39, 0.29) is 11.8 Å². The number of hydrogen-bond acceptors (Lipinski definition) is 4. The molecule has 1 fully saturated rings. The molecule has 20 heavy (non-hydrogen) atoms. The summed E-state index contributed by atoms with van der Waals surface area (Å²) in [6.07, 6.45) is -1.38. The lowest BCUT2D eigenvalue weighted by molar-refractivity contribution is -0.00552. The van der Waals surface area contributed by atoms with Gasteiger partial charge in [0, 0.05) is 23.6 Å². The Morgan fingerprint density at radius 2 is 2.00 bits per heavy atom. The van der Waals surface area contributed by atoms with Crippen LogP contribution in [0, 0.1) is 5.92 Å². The third kappa shape index (κ3) is 3.30. The zero-order valence-electron chi connectivity index (χ0n) is 11.1. The maximum absolute atomic E-state index is 12.1. The second-order valence-corrected chi connectivity index (χ2v) is 5.46. The quantitative estimate of drug-likeness (QED) is 0.769. The van der Waals surface area contributed by atoms with Crippen LogP contribution in [0.3, 0.4) is 0 Å². The highest BCUT2D eigenvalue weighted by Gasteiger charge is 2.42. The number of halogens is 1. The first-order valence-corrected chi connectivity index (χ1v) is 6.82. The van der Waals surface area contributed by atoms with E-state index in [1.165, 1.54) is 0 Å². The van der Waals surface area contributed by atoms with Crippen molar-refractivity contribution in [3.8, 4) is 0 Å². The summed E-state index contributed by atoms with van der Waals surface area (Å²) in [7, 11) is 1.54. The topological polar surface area (TPSA) is 78.8 Å². The molecule has 5 nitrogen and oxygen atoms in total. The van der Waals surface area contributed by atoms with E-state index in [9.17, 15) is 15.0 Å². The average Bonchev–Trinajstić information content (AvgIpc) is 2.68. The minimum absolute atomic E-state index is 0.175. The van der Waals surface area contributed by atoms with E-state index < -0.39 is 18.2 Å². The van der Waals surface area contributed by atoms with Crippen LogP contribution in [0.1, 0.15) is 16.8 Å². The highest BCUT2D eigenvalue weighted by Crippen LogP contribution is 2.27. The fourth-order valence-corrected chi connectivity index (χ4v) is 2.63. The van der Waals surface area contributed by atoms with Gasteiger partial charge in [-0.25, -0.2) is 0 Å². The molecule has 1 aromatic rings. The third-order valence-corrected chi connectivity index (χ3v) is 3.86. The number of aliphatic hydroxyl groups is 2. The Balaban J connectivity index is 1.99. The van der Waals surface area contributed by atoms with Gasteiger partial charge in [-0.05, 0) is 30.7 Å². The van der Waals surface area contributed by atoms with Crippen molar-refractivity contribution in [2.45, 2.75) is 24.7 Å². The smallest absolute Gasteiger partial charge is 0.251 e. The molecular formula is C14H18ClNO4. The van der Waals surface area contributed by atoms with Crippen molar-refractivity contribution in [1.29, 1.82) is 0 Å². The molecule has 0 aromatic heterocycles. The molecule has 0 heterocycles. The predicted octanol–water partition coefficient (Wildman–Crippen LogP) is 0.826. The summed E-state index contributed by atoms with van der Waals surface area (Å²) in [6.45, 7) is 0.353. The van der Waals surface area contributed by atoms with Gasteiger partial charge in [0.25, 0.3) is 5.91 Å². The first-order valence-electron chi connectivity index (χ1n) is 6.44. The van der Waals surface area contributed by atoms with E-state index in [0.29, 0.717) is 23.6 Å². The number of ether oxygens (including phenoxy) is 1. The first-order chi connectivity index (χ1) is 9.52. The van der Waals surface area contributed by atoms with Gasteiger partial charge < -0.3 is 20.3 Å². The predicted molar refractivity (Wildman–Crippen MR) is 74.7 cm³/mol. The molecule has 0 saturated heterocycles. The first kappa shape index (κ1) is 15.3. The number of benzene rings is 1. The molecule has 2 rings (SSSR count). The van der Waals surface area contributed by atoms with E-state index in [2.05, 4.69) is 5.32 Å². The van der Waals surface area contributed by atoms with Crippen LogP contribution in [0.15, 0.2) is 24.3 Å². The molecular weight excluding hydrogens is 282 g/mol. The minimum Gasteiger partial charge on any atom is -0.390 e. The average molecular weight is 300 g/mol. The summed E-state index contributed by atoms with van der Waals surface area (Å²) < 4.78 is 5.00. The second-order valence-electron chi connectivity index (χ2n) is 5.02. The van der Waals surface area contributed by atoms with Crippen molar-refractivity contribution in [2.24, 2.45) is 5.92 Å². The van der Waals surface area contributed by atoms with Crippen LogP contribution < -0.4 is 5.32 Å². The lowest BCUT2D eigenvalue weighted by Gasteiger charge is -2.18. The van der Waals surface area contributed by atoms with E-state index >= 15 is 0 Å². The number of aliphatic hydroxyl groups excluding tert-OH is 2. The monoisotopic (exact) mass is 299 g/mol. The maximum atomic E-state index is 12.1. The number of methoxy groups -OCH3 is 1. The van der Waals surface area contributed by atoms with E-state index in [1.807, 2.05) is 0 Å². The van der Waals surface area contributed by atoms with Crippen LogP contribution in [0.5, 0.6) is 0 Å². The standard InChI is InChI=1S/C14H18ClNO4/c1-20-7-9-6-11(13(18)12(9)17)16-14(19)8-2-4-10(15)5-3-8/h2-5,9,11-13,17-18H,6-7H2,1H3,(H,16,19)/t9-,11-,12-,13+/m1/s1. The summed E-state index contributed by atoms with van der Waals surface area (Å²) in [5, 5.41) is 23.1. The molecule has 1 amide bonds. The van der Waals surface area contributed by atoms with Gasteiger partial charge in [-0.3, -0.25) is 4.79 Å². The molecule has 110 valence electrons. The van der Waals surface area contributed by atoms with Crippen molar-refractivity contribution in [3.63, 3.8) is 0 Å².